The molecule has 10 aromatic rings. The number of benzene rings is 9. The molecule has 58 heavy (non-hydrogen) atoms. The number of fused-ring (bicyclic) bond motifs is 4. The van der Waals surface area contributed by atoms with Crippen molar-refractivity contribution in [2.24, 2.45) is 0 Å². The highest BCUT2D eigenvalue weighted by molar-refractivity contribution is 6.24. The van der Waals surface area contributed by atoms with Crippen molar-refractivity contribution >= 4 is 21.5 Å². The first-order valence-corrected chi connectivity index (χ1v) is 19.5. The SMILES string of the molecule is N#Cc1ccc(-c2ccc3c4c(ccc(-c5ccc(-c6ccc(-c7nc(-c8ccccc8)cc(-c8ccccc8)n7)cc6)c6ccccc56)c24)-c2ccccc2-3)cc1. The largest absolute Gasteiger partial charge is 0.228 e. The van der Waals surface area contributed by atoms with Crippen LogP contribution in [0.25, 0.3) is 111 Å². The molecule has 0 unspecified atom stereocenters. The summed E-state index contributed by atoms with van der Waals surface area (Å²) in [6.45, 7) is 0. The van der Waals surface area contributed by atoms with E-state index in [9.17, 15) is 5.26 Å². The molecule has 1 heterocycles. The van der Waals surface area contributed by atoms with Crippen molar-refractivity contribution in [3.63, 3.8) is 0 Å². The van der Waals surface area contributed by atoms with Crippen molar-refractivity contribution in [1.82, 2.24) is 9.97 Å². The zero-order valence-corrected chi connectivity index (χ0v) is 31.4. The molecule has 3 nitrogen and oxygen atoms in total. The summed E-state index contributed by atoms with van der Waals surface area (Å²) >= 11 is 0. The average Bonchev–Trinajstić information content (AvgIpc) is 3.64. The van der Waals surface area contributed by atoms with Gasteiger partial charge in [0.15, 0.2) is 5.82 Å². The molecule has 0 radical (unpaired) electrons. The van der Waals surface area contributed by atoms with Crippen LogP contribution >= 0.6 is 0 Å². The van der Waals surface area contributed by atoms with E-state index in [0.717, 1.165) is 44.8 Å². The van der Waals surface area contributed by atoms with Gasteiger partial charge < -0.3 is 0 Å². The van der Waals surface area contributed by atoms with Gasteiger partial charge in [0.1, 0.15) is 0 Å². The standard InChI is InChI=1S/C55H33N3/c56-34-35-19-21-37(22-20-35)42-28-30-48-45-17-9-10-18-46(45)49-31-32-50(53(42)54(48)49)47-29-27-41(43-15-7-8-16-44(43)47)36-23-25-40(26-24-36)55-57-51(38-11-3-1-4-12-38)33-52(58-55)39-13-5-2-6-14-39/h1-33H. The Bertz CT molecular complexity index is 3160. The first-order chi connectivity index (χ1) is 28.7. The number of hydrogen-bond donors (Lipinski definition) is 0. The fourth-order valence-electron chi connectivity index (χ4n) is 8.76. The van der Waals surface area contributed by atoms with Crippen molar-refractivity contribution in [1.29, 1.82) is 5.26 Å². The number of hydrogen-bond acceptors (Lipinski definition) is 3. The van der Waals surface area contributed by atoms with Crippen molar-refractivity contribution in [3.05, 3.63) is 206 Å². The Balaban J connectivity index is 1.05. The number of nitrogens with zero attached hydrogens (tertiary/aromatic N) is 3. The Hall–Kier alpha value is -7.93. The molecule has 268 valence electrons. The summed E-state index contributed by atoms with van der Waals surface area (Å²) in [6, 6.07) is 72.7. The van der Waals surface area contributed by atoms with Crippen molar-refractivity contribution < 1.29 is 0 Å². The van der Waals surface area contributed by atoms with Gasteiger partial charge in [-0.1, -0.05) is 182 Å². The normalized spacial score (nSPS) is 11.4. The maximum absolute atomic E-state index is 9.56. The maximum atomic E-state index is 9.56. The smallest absolute Gasteiger partial charge is 0.160 e. The van der Waals surface area contributed by atoms with Crippen LogP contribution in [0.3, 0.4) is 0 Å². The third-order valence-electron chi connectivity index (χ3n) is 11.5. The second-order valence-corrected chi connectivity index (χ2v) is 14.8. The third-order valence-corrected chi connectivity index (χ3v) is 11.5. The molecule has 0 amide bonds. The molecule has 0 fully saturated rings. The Morgan fingerprint density at radius 2 is 0.724 bits per heavy atom. The summed E-state index contributed by atoms with van der Waals surface area (Å²) in [4.78, 5) is 10.1. The molecule has 1 aliphatic carbocycles. The first kappa shape index (κ1) is 33.4. The van der Waals surface area contributed by atoms with Gasteiger partial charge in [0.25, 0.3) is 0 Å². The molecule has 0 N–H and O–H groups in total. The highest BCUT2D eigenvalue weighted by Gasteiger charge is 2.25. The molecule has 0 bridgehead atoms. The van der Waals surface area contributed by atoms with Gasteiger partial charge in [-0.2, -0.15) is 5.26 Å². The molecule has 1 aromatic heterocycles. The molecule has 3 heteroatoms. The minimum Gasteiger partial charge on any atom is -0.228 e. The predicted octanol–water partition coefficient (Wildman–Crippen LogP) is 14.3. The van der Waals surface area contributed by atoms with E-state index in [1.807, 2.05) is 48.5 Å². The Kier molecular flexibility index (Phi) is 7.88. The lowest BCUT2D eigenvalue weighted by molar-refractivity contribution is 1.18. The minimum atomic E-state index is 0.655. The van der Waals surface area contributed by atoms with E-state index in [4.69, 9.17) is 9.97 Å². The molecular formula is C55H33N3. The Labute approximate surface area is 336 Å². The van der Waals surface area contributed by atoms with Crippen LogP contribution < -0.4 is 0 Å². The summed E-state index contributed by atoms with van der Waals surface area (Å²) in [5.74, 6) is 0.694. The highest BCUT2D eigenvalue weighted by atomic mass is 14.9. The topological polar surface area (TPSA) is 49.6 Å². The molecular weight excluding hydrogens is 703 g/mol. The molecule has 9 aromatic carbocycles. The van der Waals surface area contributed by atoms with E-state index < -0.39 is 0 Å². The van der Waals surface area contributed by atoms with Crippen LogP contribution in [0.1, 0.15) is 5.56 Å². The predicted molar refractivity (Wildman–Crippen MR) is 239 cm³/mol. The lowest BCUT2D eigenvalue weighted by atomic mass is 9.85. The summed E-state index contributed by atoms with van der Waals surface area (Å²) in [6.07, 6.45) is 0. The van der Waals surface area contributed by atoms with Crippen LogP contribution in [-0.2, 0) is 0 Å². The lowest BCUT2D eigenvalue weighted by Crippen LogP contribution is -1.96. The fraction of sp³-hybridized carbons (Fsp3) is 0. The van der Waals surface area contributed by atoms with Crippen LogP contribution in [0.2, 0.25) is 0 Å². The van der Waals surface area contributed by atoms with E-state index in [0.29, 0.717) is 11.4 Å². The summed E-state index contributed by atoms with van der Waals surface area (Å²) in [5, 5.41) is 14.4. The van der Waals surface area contributed by atoms with Crippen LogP contribution in [0, 0.1) is 11.3 Å². The monoisotopic (exact) mass is 735 g/mol. The van der Waals surface area contributed by atoms with E-state index in [2.05, 4.69) is 158 Å². The minimum absolute atomic E-state index is 0.655. The van der Waals surface area contributed by atoms with Gasteiger partial charge in [-0.05, 0) is 95.4 Å². The van der Waals surface area contributed by atoms with Gasteiger partial charge in [-0.25, -0.2) is 9.97 Å². The van der Waals surface area contributed by atoms with Gasteiger partial charge in [0, 0.05) is 16.7 Å². The van der Waals surface area contributed by atoms with Gasteiger partial charge in [0.05, 0.1) is 23.0 Å². The first-order valence-electron chi connectivity index (χ1n) is 19.5. The number of rotatable bonds is 6. The molecule has 0 atom stereocenters. The second kappa shape index (κ2) is 13.7. The molecule has 0 saturated heterocycles. The zero-order chi connectivity index (χ0) is 38.6. The van der Waals surface area contributed by atoms with Gasteiger partial charge in [-0.3, -0.25) is 0 Å². The van der Waals surface area contributed by atoms with Crippen LogP contribution in [-0.4, -0.2) is 9.97 Å². The van der Waals surface area contributed by atoms with E-state index in [-0.39, 0.29) is 0 Å². The lowest BCUT2D eigenvalue weighted by Gasteiger charge is -2.18. The van der Waals surface area contributed by atoms with Crippen LogP contribution in [0.5, 0.6) is 0 Å². The summed E-state index contributed by atoms with van der Waals surface area (Å²) in [7, 11) is 0. The van der Waals surface area contributed by atoms with Gasteiger partial charge >= 0.3 is 0 Å². The van der Waals surface area contributed by atoms with E-state index >= 15 is 0 Å². The Morgan fingerprint density at radius 3 is 1.31 bits per heavy atom. The average molecular weight is 736 g/mol. The van der Waals surface area contributed by atoms with Gasteiger partial charge in [-0.15, -0.1) is 0 Å². The number of nitriles is 1. The third kappa shape index (κ3) is 5.51. The number of aromatic nitrogens is 2. The van der Waals surface area contributed by atoms with Crippen LogP contribution in [0.4, 0.5) is 0 Å². The highest BCUT2D eigenvalue weighted by Crippen LogP contribution is 2.52. The molecule has 0 spiro atoms. The molecule has 1 aliphatic rings. The second-order valence-electron chi connectivity index (χ2n) is 14.8. The summed E-state index contributed by atoms with van der Waals surface area (Å²) in [5.41, 5.74) is 17.5. The fourth-order valence-corrected chi connectivity index (χ4v) is 8.76. The van der Waals surface area contributed by atoms with Crippen LogP contribution in [0.15, 0.2) is 200 Å². The van der Waals surface area contributed by atoms with Gasteiger partial charge in [0.2, 0.25) is 0 Å². The van der Waals surface area contributed by atoms with Crippen molar-refractivity contribution in [2.75, 3.05) is 0 Å². The van der Waals surface area contributed by atoms with E-state index in [1.165, 1.54) is 60.5 Å². The molecule has 11 rings (SSSR count). The summed E-state index contributed by atoms with van der Waals surface area (Å²) < 4.78 is 0. The quantitative estimate of drug-likeness (QED) is 0.171. The van der Waals surface area contributed by atoms with E-state index in [1.54, 1.807) is 0 Å². The zero-order valence-electron chi connectivity index (χ0n) is 31.4. The van der Waals surface area contributed by atoms with Crippen molar-refractivity contribution in [3.8, 4) is 95.6 Å². The molecule has 0 saturated carbocycles. The maximum Gasteiger partial charge on any atom is 0.160 e. The molecule has 0 aliphatic heterocycles. The Morgan fingerprint density at radius 1 is 0.310 bits per heavy atom. The van der Waals surface area contributed by atoms with Crippen molar-refractivity contribution in [2.45, 2.75) is 0 Å².